The lowest BCUT2D eigenvalue weighted by atomic mass is 9.99. The summed E-state index contributed by atoms with van der Waals surface area (Å²) in [4.78, 5) is 25.2. The van der Waals surface area contributed by atoms with Gasteiger partial charge in [0.2, 0.25) is 16.3 Å². The summed E-state index contributed by atoms with van der Waals surface area (Å²) in [5.74, 6) is -2.02. The largest absolute Gasteiger partial charge is 0.459 e. The van der Waals surface area contributed by atoms with E-state index in [4.69, 9.17) is 14.2 Å². The van der Waals surface area contributed by atoms with Crippen molar-refractivity contribution >= 4 is 22.0 Å². The van der Waals surface area contributed by atoms with Gasteiger partial charge in [0.1, 0.15) is 24.9 Å². The molecule has 1 fully saturated rings. The molecule has 208 valence electrons. The number of hydrogen-bond donors (Lipinski definition) is 3. The highest BCUT2D eigenvalue weighted by Gasteiger charge is 2.49. The lowest BCUT2D eigenvalue weighted by Crippen LogP contribution is -2.60. The Bertz CT molecular complexity index is 1170. The summed E-state index contributed by atoms with van der Waals surface area (Å²) < 4.78 is 42.8. The third-order valence-corrected chi connectivity index (χ3v) is 7.84. The molecule has 3 rings (SSSR count). The van der Waals surface area contributed by atoms with E-state index in [9.17, 15) is 33.3 Å². The van der Waals surface area contributed by atoms with Gasteiger partial charge in [0.25, 0.3) is 0 Å². The van der Waals surface area contributed by atoms with Crippen LogP contribution in [0.5, 0.6) is 0 Å². The van der Waals surface area contributed by atoms with Crippen molar-refractivity contribution in [2.24, 2.45) is 0 Å². The molecule has 0 aromatic heterocycles. The second-order valence-electron chi connectivity index (χ2n) is 8.82. The molecule has 38 heavy (non-hydrogen) atoms. The topological polar surface area (TPSA) is 160 Å². The molecule has 0 spiro atoms. The predicted octanol–water partition coefficient (Wildman–Crippen LogP) is 1.21. The van der Waals surface area contributed by atoms with E-state index in [1.54, 1.807) is 30.3 Å². The number of carbonyl (C=O) groups excluding carboxylic acids is 2. The van der Waals surface area contributed by atoms with Gasteiger partial charge in [-0.15, -0.1) is 0 Å². The number of ether oxygens (including phenoxy) is 3. The van der Waals surface area contributed by atoms with Crippen molar-refractivity contribution in [1.29, 1.82) is 0 Å². The fourth-order valence-corrected chi connectivity index (χ4v) is 5.51. The lowest BCUT2D eigenvalue weighted by Gasteiger charge is -2.38. The van der Waals surface area contributed by atoms with Crippen LogP contribution in [-0.4, -0.2) is 83.8 Å². The summed E-state index contributed by atoms with van der Waals surface area (Å²) >= 11 is 0. The quantitative estimate of drug-likeness (QED) is 0.346. The molecule has 2 aromatic carbocycles. The molecule has 0 amide bonds. The molecule has 5 atom stereocenters. The molecule has 0 aliphatic carbocycles. The summed E-state index contributed by atoms with van der Waals surface area (Å²) in [5, 5.41) is 30.7. The minimum Gasteiger partial charge on any atom is -0.459 e. The van der Waals surface area contributed by atoms with Crippen molar-refractivity contribution in [3.63, 3.8) is 0 Å². The third-order valence-electron chi connectivity index (χ3n) is 5.92. The maximum Gasteiger partial charge on any atom is 0.340 e. The molecular weight excluding hydrogens is 518 g/mol. The van der Waals surface area contributed by atoms with Crippen LogP contribution in [0.4, 0.5) is 0 Å². The van der Waals surface area contributed by atoms with E-state index in [1.165, 1.54) is 28.6 Å². The van der Waals surface area contributed by atoms with E-state index < -0.39 is 52.7 Å². The van der Waals surface area contributed by atoms with E-state index in [1.807, 2.05) is 13.8 Å². The average molecular weight is 552 g/mol. The van der Waals surface area contributed by atoms with Crippen LogP contribution in [0.2, 0.25) is 0 Å². The first-order valence-electron chi connectivity index (χ1n) is 12.3. The van der Waals surface area contributed by atoms with E-state index in [-0.39, 0.29) is 17.1 Å². The number of nitrogens with zero attached hydrogens (tertiary/aromatic N) is 1. The summed E-state index contributed by atoms with van der Waals surface area (Å²) in [5.41, 5.74) is 0.619. The van der Waals surface area contributed by atoms with Crippen LogP contribution in [0, 0.1) is 0 Å². The molecule has 1 aliphatic heterocycles. The Labute approximate surface area is 221 Å². The second-order valence-corrected chi connectivity index (χ2v) is 10.8. The summed E-state index contributed by atoms with van der Waals surface area (Å²) in [6.07, 6.45) is -7.80. The Kier molecular flexibility index (Phi) is 10.4. The van der Waals surface area contributed by atoms with Crippen LogP contribution < -0.4 is 0 Å². The van der Waals surface area contributed by atoms with E-state index in [0.29, 0.717) is 31.5 Å². The van der Waals surface area contributed by atoms with Gasteiger partial charge in [-0.25, -0.2) is 18.0 Å². The minimum absolute atomic E-state index is 0.00433. The van der Waals surface area contributed by atoms with Gasteiger partial charge in [0, 0.05) is 13.1 Å². The van der Waals surface area contributed by atoms with Gasteiger partial charge < -0.3 is 29.5 Å². The van der Waals surface area contributed by atoms with Crippen LogP contribution in [0.15, 0.2) is 59.5 Å². The molecular formula is C26H33NO10S. The summed E-state index contributed by atoms with van der Waals surface area (Å²) in [7, 11) is -3.76. The van der Waals surface area contributed by atoms with Gasteiger partial charge >= 0.3 is 11.9 Å². The van der Waals surface area contributed by atoms with Gasteiger partial charge in [-0.3, -0.25) is 0 Å². The van der Waals surface area contributed by atoms with Gasteiger partial charge in [-0.1, -0.05) is 44.2 Å². The summed E-state index contributed by atoms with van der Waals surface area (Å²) in [6.45, 7) is 4.35. The van der Waals surface area contributed by atoms with Gasteiger partial charge in [-0.05, 0) is 42.7 Å². The molecule has 0 radical (unpaired) electrons. The van der Waals surface area contributed by atoms with E-state index in [2.05, 4.69) is 0 Å². The minimum atomic E-state index is -3.76. The number of esters is 2. The Balaban J connectivity index is 1.68. The van der Waals surface area contributed by atoms with Crippen LogP contribution in [0.25, 0.3) is 0 Å². The molecule has 0 saturated carbocycles. The Hall–Kier alpha value is -2.87. The molecule has 2 aromatic rings. The van der Waals surface area contributed by atoms with Gasteiger partial charge in [0.15, 0.2) is 6.10 Å². The molecule has 0 unspecified atom stereocenters. The van der Waals surface area contributed by atoms with E-state index >= 15 is 0 Å². The van der Waals surface area contributed by atoms with Crippen molar-refractivity contribution in [3.05, 3.63) is 65.7 Å². The number of carbonyl (C=O) groups is 2. The smallest absolute Gasteiger partial charge is 0.340 e. The highest BCUT2D eigenvalue weighted by atomic mass is 32.2. The van der Waals surface area contributed by atoms with Crippen molar-refractivity contribution < 1.29 is 47.5 Å². The van der Waals surface area contributed by atoms with Crippen LogP contribution in [0.3, 0.4) is 0 Å². The fraction of sp³-hybridized carbons (Fsp3) is 0.462. The predicted molar refractivity (Wildman–Crippen MR) is 134 cm³/mol. The standard InChI is InChI=1S/C26H33NO10S/c1-3-14-27(15-4-2)38(33,34)19-12-10-18(11-13-19)24(31)37-26-22(30)20(28)21(29)23(36-26)25(32)35-16-17-8-6-5-7-9-17/h5-13,20-23,26,28-30H,3-4,14-16H2,1-2H3/t20-,21-,22+,23+,26-/m0/s1. The van der Waals surface area contributed by atoms with Crippen LogP contribution in [-0.2, 0) is 35.6 Å². The number of aliphatic hydroxyl groups is 3. The first-order valence-corrected chi connectivity index (χ1v) is 13.8. The second kappa shape index (κ2) is 13.3. The zero-order valence-electron chi connectivity index (χ0n) is 21.2. The van der Waals surface area contributed by atoms with Gasteiger partial charge in [-0.2, -0.15) is 4.31 Å². The maximum atomic E-state index is 12.9. The molecule has 3 N–H and O–H groups in total. The third kappa shape index (κ3) is 6.95. The monoisotopic (exact) mass is 551 g/mol. The number of benzene rings is 2. The van der Waals surface area contributed by atoms with Gasteiger partial charge in [0.05, 0.1) is 10.5 Å². The zero-order chi connectivity index (χ0) is 27.9. The lowest BCUT2D eigenvalue weighted by molar-refractivity contribution is -0.280. The number of sulfonamides is 1. The summed E-state index contributed by atoms with van der Waals surface area (Å²) in [6, 6.07) is 13.8. The molecule has 1 heterocycles. The molecule has 11 nitrogen and oxygen atoms in total. The molecule has 1 aliphatic rings. The van der Waals surface area contributed by atoms with E-state index in [0.717, 1.165) is 0 Å². The van der Waals surface area contributed by atoms with Crippen molar-refractivity contribution in [2.75, 3.05) is 13.1 Å². The molecule has 1 saturated heterocycles. The Morgan fingerprint density at radius 3 is 2.08 bits per heavy atom. The number of hydrogen-bond acceptors (Lipinski definition) is 10. The zero-order valence-corrected chi connectivity index (χ0v) is 22.0. The fourth-order valence-electron chi connectivity index (χ4n) is 3.89. The normalized spacial score (nSPS) is 23.7. The average Bonchev–Trinajstić information content (AvgIpc) is 2.92. The first-order chi connectivity index (χ1) is 18.1. The number of aliphatic hydroxyl groups excluding tert-OH is 3. The highest BCUT2D eigenvalue weighted by Crippen LogP contribution is 2.25. The molecule has 0 bridgehead atoms. The SMILES string of the molecule is CCCN(CCC)S(=O)(=O)c1ccc(C(=O)O[C@@H]2O[C@@H](C(=O)OCc3ccccc3)[C@@H](O)[C@H](O)[C@H]2O)cc1. The van der Waals surface area contributed by atoms with Crippen molar-refractivity contribution in [2.45, 2.75) is 68.9 Å². The Morgan fingerprint density at radius 1 is 0.895 bits per heavy atom. The first kappa shape index (κ1) is 29.7. The number of rotatable bonds is 11. The maximum absolute atomic E-state index is 12.9. The van der Waals surface area contributed by atoms with Crippen molar-refractivity contribution in [3.8, 4) is 0 Å². The Morgan fingerprint density at radius 2 is 1.50 bits per heavy atom. The molecule has 12 heteroatoms. The highest BCUT2D eigenvalue weighted by molar-refractivity contribution is 7.89. The van der Waals surface area contributed by atoms with Crippen LogP contribution in [0.1, 0.15) is 42.6 Å². The van der Waals surface area contributed by atoms with Crippen molar-refractivity contribution in [1.82, 2.24) is 4.31 Å². The van der Waals surface area contributed by atoms with Crippen LogP contribution >= 0.6 is 0 Å².